The number of benzene rings is 1. The molecule has 3 N–H and O–H groups in total. The number of rotatable bonds is 3. The van der Waals surface area contributed by atoms with Crippen LogP contribution in [0.25, 0.3) is 0 Å². The van der Waals surface area contributed by atoms with Crippen LogP contribution in [0.4, 0.5) is 5.69 Å². The Morgan fingerprint density at radius 3 is 2.38 bits per heavy atom. The number of nitrogens with one attached hydrogen (secondary N) is 1. The van der Waals surface area contributed by atoms with Gasteiger partial charge in [-0.3, -0.25) is 0 Å². The Kier molecular flexibility index (Phi) is 6.48. The summed E-state index contributed by atoms with van der Waals surface area (Å²) in [7, 11) is 0. The number of hydrogen-bond acceptors (Lipinski definition) is 4. The summed E-state index contributed by atoms with van der Waals surface area (Å²) in [4.78, 5) is 18.2. The van der Waals surface area contributed by atoms with Crippen molar-refractivity contribution in [2.75, 3.05) is 5.32 Å². The van der Waals surface area contributed by atoms with E-state index in [1.807, 2.05) is 24.3 Å². The number of carbonyl (C=O) groups is 2. The fourth-order valence-corrected chi connectivity index (χ4v) is 1.60. The highest BCUT2D eigenvalue weighted by Crippen LogP contribution is 2.20. The number of halogens is 1. The van der Waals surface area contributed by atoms with Crippen LogP contribution < -0.4 is 5.32 Å². The lowest BCUT2D eigenvalue weighted by atomic mass is 10.2. The van der Waals surface area contributed by atoms with Crippen LogP contribution in [0.5, 0.6) is 0 Å². The van der Waals surface area contributed by atoms with E-state index in [1.165, 1.54) is 5.56 Å². The Hall–Kier alpha value is -2.28. The van der Waals surface area contributed by atoms with E-state index < -0.39 is 11.9 Å². The molecule has 0 amide bonds. The predicted molar refractivity (Wildman–Crippen MR) is 80.2 cm³/mol. The summed E-state index contributed by atoms with van der Waals surface area (Å²) in [5, 5.41) is 18.1. The van der Waals surface area contributed by atoms with Crippen molar-refractivity contribution in [3.05, 3.63) is 52.4 Å². The normalized spacial score (nSPS) is 9.43. The lowest BCUT2D eigenvalue weighted by Crippen LogP contribution is -2.09. The molecule has 0 fully saturated rings. The van der Waals surface area contributed by atoms with E-state index in [-0.39, 0.29) is 0 Å². The molecule has 0 saturated carbocycles. The molecule has 2 rings (SSSR count). The molecular weight excluding hydrogens is 342 g/mol. The monoisotopic (exact) mass is 355 g/mol. The van der Waals surface area contributed by atoms with Gasteiger partial charge in [-0.05, 0) is 42.8 Å². The average Bonchev–Trinajstić information content (AvgIpc) is 2.94. The first kappa shape index (κ1) is 16.8. The number of anilines is 1. The Morgan fingerprint density at radius 1 is 1.24 bits per heavy atom. The molecule has 6 nitrogen and oxygen atoms in total. The van der Waals surface area contributed by atoms with Crippen molar-refractivity contribution in [1.29, 1.82) is 0 Å². The van der Waals surface area contributed by atoms with Crippen LogP contribution in [0.15, 0.2) is 45.5 Å². The molecule has 0 radical (unpaired) electrons. The smallest absolute Gasteiger partial charge is 0.414 e. The maximum absolute atomic E-state index is 9.10. The molecule has 1 heterocycles. The highest BCUT2D eigenvalue weighted by molar-refractivity contribution is 9.10. The lowest BCUT2D eigenvalue weighted by Gasteiger charge is -2.06. The molecule has 0 atom stereocenters. The van der Waals surface area contributed by atoms with Gasteiger partial charge in [0.15, 0.2) is 0 Å². The first-order chi connectivity index (χ1) is 9.90. The number of hydrogen-bond donors (Lipinski definition) is 3. The second kappa shape index (κ2) is 8.11. The van der Waals surface area contributed by atoms with Crippen molar-refractivity contribution in [3.63, 3.8) is 0 Å². The van der Waals surface area contributed by atoms with E-state index in [1.54, 1.807) is 6.26 Å². The molecule has 7 heteroatoms. The molecule has 0 aliphatic rings. The van der Waals surface area contributed by atoms with Gasteiger partial charge in [0, 0.05) is 10.2 Å². The van der Waals surface area contributed by atoms with E-state index >= 15 is 0 Å². The van der Waals surface area contributed by atoms with Gasteiger partial charge >= 0.3 is 11.9 Å². The summed E-state index contributed by atoms with van der Waals surface area (Å²) in [5.74, 6) is -2.71. The SMILES string of the molecule is Cc1cc(NCc2ccco2)ccc1Br.O=C(O)C(=O)O. The van der Waals surface area contributed by atoms with Gasteiger partial charge in [-0.15, -0.1) is 0 Å². The first-order valence-electron chi connectivity index (χ1n) is 5.88. The molecule has 1 aromatic heterocycles. The van der Waals surface area contributed by atoms with Crippen LogP contribution in [0.2, 0.25) is 0 Å². The minimum atomic E-state index is -1.82. The van der Waals surface area contributed by atoms with Crippen molar-refractivity contribution in [2.45, 2.75) is 13.5 Å². The number of carboxylic acids is 2. The second-order valence-electron chi connectivity index (χ2n) is 4.01. The van der Waals surface area contributed by atoms with E-state index in [4.69, 9.17) is 24.2 Å². The number of aryl methyl sites for hydroxylation is 1. The molecule has 1 aromatic carbocycles. The minimum Gasteiger partial charge on any atom is -0.473 e. The Labute approximate surface area is 129 Å². The van der Waals surface area contributed by atoms with Crippen molar-refractivity contribution >= 4 is 33.6 Å². The third-order valence-electron chi connectivity index (χ3n) is 2.39. The largest absolute Gasteiger partial charge is 0.473 e. The molecular formula is C14H14BrNO5. The Balaban J connectivity index is 0.000000315. The fourth-order valence-electron chi connectivity index (χ4n) is 1.36. The van der Waals surface area contributed by atoms with Gasteiger partial charge in [0.05, 0.1) is 12.8 Å². The van der Waals surface area contributed by atoms with Crippen LogP contribution in [0.3, 0.4) is 0 Å². The highest BCUT2D eigenvalue weighted by atomic mass is 79.9. The zero-order chi connectivity index (χ0) is 15.8. The van der Waals surface area contributed by atoms with E-state index in [0.29, 0.717) is 6.54 Å². The molecule has 0 aliphatic heterocycles. The van der Waals surface area contributed by atoms with Gasteiger partial charge in [0.1, 0.15) is 5.76 Å². The summed E-state index contributed by atoms with van der Waals surface area (Å²) < 4.78 is 6.37. The second-order valence-corrected chi connectivity index (χ2v) is 4.86. The average molecular weight is 356 g/mol. The van der Waals surface area contributed by atoms with Gasteiger partial charge < -0.3 is 19.9 Å². The van der Waals surface area contributed by atoms with Gasteiger partial charge in [0.2, 0.25) is 0 Å². The van der Waals surface area contributed by atoms with Gasteiger partial charge in [-0.25, -0.2) is 9.59 Å². The quantitative estimate of drug-likeness (QED) is 0.731. The van der Waals surface area contributed by atoms with Crippen LogP contribution in [0.1, 0.15) is 11.3 Å². The molecule has 0 bridgehead atoms. The van der Waals surface area contributed by atoms with Crippen LogP contribution in [-0.4, -0.2) is 22.2 Å². The maximum Gasteiger partial charge on any atom is 0.414 e. The molecule has 0 saturated heterocycles. The standard InChI is InChI=1S/C12H12BrNO.C2H2O4/c1-9-7-10(4-5-12(9)13)14-8-11-3-2-6-15-11;3-1(4)2(5)6/h2-7,14H,8H2,1H3;(H,3,4)(H,5,6). The van der Waals surface area contributed by atoms with Crippen molar-refractivity contribution in [3.8, 4) is 0 Å². The first-order valence-corrected chi connectivity index (χ1v) is 6.68. The van der Waals surface area contributed by atoms with Gasteiger partial charge in [0.25, 0.3) is 0 Å². The molecule has 112 valence electrons. The zero-order valence-corrected chi connectivity index (χ0v) is 12.8. The summed E-state index contributed by atoms with van der Waals surface area (Å²) >= 11 is 3.47. The third kappa shape index (κ3) is 6.13. The third-order valence-corrected chi connectivity index (χ3v) is 3.28. The summed E-state index contributed by atoms with van der Waals surface area (Å²) in [5.41, 5.74) is 2.33. The van der Waals surface area contributed by atoms with Crippen LogP contribution >= 0.6 is 15.9 Å². The molecule has 0 aliphatic carbocycles. The number of furan rings is 1. The van der Waals surface area contributed by atoms with Gasteiger partial charge in [-0.2, -0.15) is 0 Å². The predicted octanol–water partition coefficient (Wildman–Crippen LogP) is 3.12. The van der Waals surface area contributed by atoms with E-state index in [9.17, 15) is 0 Å². The highest BCUT2D eigenvalue weighted by Gasteiger charge is 2.04. The molecule has 21 heavy (non-hydrogen) atoms. The zero-order valence-electron chi connectivity index (χ0n) is 11.2. The summed E-state index contributed by atoms with van der Waals surface area (Å²) in [6, 6.07) is 10.0. The number of aliphatic carboxylic acids is 2. The van der Waals surface area contributed by atoms with Crippen molar-refractivity contribution in [1.82, 2.24) is 0 Å². The molecule has 2 aromatic rings. The topological polar surface area (TPSA) is 99.8 Å². The lowest BCUT2D eigenvalue weighted by molar-refractivity contribution is -0.159. The maximum atomic E-state index is 9.10. The van der Waals surface area contributed by atoms with Crippen molar-refractivity contribution in [2.24, 2.45) is 0 Å². The Morgan fingerprint density at radius 2 is 1.90 bits per heavy atom. The minimum absolute atomic E-state index is 0.716. The van der Waals surface area contributed by atoms with E-state index in [2.05, 4.69) is 34.2 Å². The van der Waals surface area contributed by atoms with E-state index in [0.717, 1.165) is 15.9 Å². The molecule has 0 spiro atoms. The summed E-state index contributed by atoms with van der Waals surface area (Å²) in [6.45, 7) is 2.79. The molecule has 0 unspecified atom stereocenters. The number of carboxylic acid groups (broad SMARTS) is 2. The van der Waals surface area contributed by atoms with Crippen molar-refractivity contribution < 1.29 is 24.2 Å². The fraction of sp³-hybridized carbons (Fsp3) is 0.143. The van der Waals surface area contributed by atoms with Crippen LogP contribution in [0, 0.1) is 6.92 Å². The summed E-state index contributed by atoms with van der Waals surface area (Å²) in [6.07, 6.45) is 1.68. The van der Waals surface area contributed by atoms with Crippen LogP contribution in [-0.2, 0) is 16.1 Å². The van der Waals surface area contributed by atoms with Gasteiger partial charge in [-0.1, -0.05) is 15.9 Å². The Bertz CT molecular complexity index is 598.